The lowest BCUT2D eigenvalue weighted by Gasteiger charge is -2.42. The first-order valence-corrected chi connectivity index (χ1v) is 25.4. The van der Waals surface area contributed by atoms with E-state index < -0.39 is 92.7 Å². The zero-order valence-electron chi connectivity index (χ0n) is 40.0. The molecule has 0 aromatic rings. The van der Waals surface area contributed by atoms with Crippen LogP contribution in [0, 0.1) is 0 Å². The smallest absolute Gasteiger partial charge is 0.306 e. The largest absolute Gasteiger partial charge is 0.462 e. The summed E-state index contributed by atoms with van der Waals surface area (Å²) < 4.78 is 33.5. The highest BCUT2D eigenvalue weighted by molar-refractivity contribution is 5.70. The zero-order valence-corrected chi connectivity index (χ0v) is 40.0. The quantitative estimate of drug-likeness (QED) is 0.0192. The molecule has 0 radical (unpaired) electrons. The molecule has 0 spiro atoms. The fourth-order valence-corrected chi connectivity index (χ4v) is 7.96. The van der Waals surface area contributed by atoms with Crippen molar-refractivity contribution < 1.29 is 73.8 Å². The third-order valence-corrected chi connectivity index (χ3v) is 12.2. The van der Waals surface area contributed by atoms with Crippen LogP contribution in [0.4, 0.5) is 0 Å². The average molecular weight is 931 g/mol. The van der Waals surface area contributed by atoms with Crippen LogP contribution in [0.25, 0.3) is 0 Å². The lowest BCUT2D eigenvalue weighted by atomic mass is 9.98. The van der Waals surface area contributed by atoms with E-state index in [1.165, 1.54) is 77.0 Å². The van der Waals surface area contributed by atoms with Crippen molar-refractivity contribution in [3.63, 3.8) is 0 Å². The molecule has 0 saturated carbocycles. The highest BCUT2D eigenvalue weighted by Gasteiger charge is 2.47. The molecule has 11 atom stereocenters. The molecule has 2 aliphatic rings. The predicted molar refractivity (Wildman–Crippen MR) is 247 cm³/mol. The Labute approximate surface area is 390 Å². The summed E-state index contributed by atoms with van der Waals surface area (Å²) in [6.07, 6.45) is 20.7. The van der Waals surface area contributed by atoms with Gasteiger partial charge < -0.3 is 64.2 Å². The van der Waals surface area contributed by atoms with Crippen LogP contribution in [0.3, 0.4) is 0 Å². The van der Waals surface area contributed by atoms with Crippen molar-refractivity contribution in [2.45, 2.75) is 255 Å². The summed E-state index contributed by atoms with van der Waals surface area (Å²) in [5.41, 5.74) is 0. The second-order valence-corrected chi connectivity index (χ2v) is 18.0. The number of hydrogen-bond acceptors (Lipinski definition) is 15. The first-order chi connectivity index (χ1) is 31.5. The summed E-state index contributed by atoms with van der Waals surface area (Å²) in [6.45, 7) is 2.52. The minimum absolute atomic E-state index is 0.151. The van der Waals surface area contributed by atoms with Gasteiger partial charge in [0.2, 0.25) is 0 Å². The Morgan fingerprint density at radius 2 is 0.954 bits per heavy atom. The molecule has 15 nitrogen and oxygen atoms in total. The second-order valence-electron chi connectivity index (χ2n) is 18.0. The number of carbonyl (C=O) groups excluding carboxylic acids is 2. The molecule has 380 valence electrons. The van der Waals surface area contributed by atoms with Crippen LogP contribution in [-0.2, 0) is 38.0 Å². The van der Waals surface area contributed by atoms with Gasteiger partial charge in [0.25, 0.3) is 0 Å². The van der Waals surface area contributed by atoms with Crippen molar-refractivity contribution in [1.82, 2.24) is 0 Å². The maximum Gasteiger partial charge on any atom is 0.306 e. The summed E-state index contributed by atoms with van der Waals surface area (Å²) in [6, 6.07) is 0. The van der Waals surface area contributed by atoms with E-state index in [1.807, 2.05) is 0 Å². The summed E-state index contributed by atoms with van der Waals surface area (Å²) in [7, 11) is 0. The van der Waals surface area contributed by atoms with Crippen molar-refractivity contribution >= 4 is 11.9 Å². The number of ether oxygens (including phenoxy) is 6. The molecule has 65 heavy (non-hydrogen) atoms. The van der Waals surface area contributed by atoms with Crippen molar-refractivity contribution in [2.75, 3.05) is 26.4 Å². The molecule has 0 amide bonds. The van der Waals surface area contributed by atoms with E-state index in [0.717, 1.165) is 70.6 Å². The van der Waals surface area contributed by atoms with Crippen molar-refractivity contribution in [2.24, 2.45) is 0 Å². The number of rotatable bonds is 39. The minimum Gasteiger partial charge on any atom is -0.462 e. The third kappa shape index (κ3) is 26.4. The van der Waals surface area contributed by atoms with Gasteiger partial charge in [0.05, 0.1) is 19.8 Å². The monoisotopic (exact) mass is 931 g/mol. The topological polar surface area (TPSA) is 231 Å². The van der Waals surface area contributed by atoms with Gasteiger partial charge in [-0.1, -0.05) is 160 Å². The van der Waals surface area contributed by atoms with Gasteiger partial charge in [0.1, 0.15) is 55.4 Å². The molecule has 0 bridgehead atoms. The Morgan fingerprint density at radius 1 is 0.492 bits per heavy atom. The molecule has 0 aliphatic carbocycles. The summed E-state index contributed by atoms with van der Waals surface area (Å²) in [4.78, 5) is 25.7. The van der Waals surface area contributed by atoms with E-state index >= 15 is 0 Å². The van der Waals surface area contributed by atoms with Crippen LogP contribution < -0.4 is 0 Å². The summed E-state index contributed by atoms with van der Waals surface area (Å²) in [5.74, 6) is -0.935. The van der Waals surface area contributed by atoms with Gasteiger partial charge in [0, 0.05) is 12.8 Å². The normalized spacial score (nSPS) is 26.5. The van der Waals surface area contributed by atoms with E-state index in [-0.39, 0.29) is 26.1 Å². The minimum atomic E-state index is -1.76. The van der Waals surface area contributed by atoms with Gasteiger partial charge in [-0.05, 0) is 38.5 Å². The fourth-order valence-electron chi connectivity index (χ4n) is 7.96. The zero-order chi connectivity index (χ0) is 47.5. The van der Waals surface area contributed by atoms with E-state index in [1.54, 1.807) is 0 Å². The van der Waals surface area contributed by atoms with Crippen molar-refractivity contribution in [3.05, 3.63) is 24.3 Å². The molecule has 2 aliphatic heterocycles. The van der Waals surface area contributed by atoms with E-state index in [9.17, 15) is 45.3 Å². The molecule has 2 fully saturated rings. The lowest BCUT2D eigenvalue weighted by molar-refractivity contribution is -0.332. The van der Waals surface area contributed by atoms with Gasteiger partial charge in [-0.2, -0.15) is 0 Å². The number of hydrogen-bond donors (Lipinski definition) is 7. The maximum absolute atomic E-state index is 13.0. The third-order valence-electron chi connectivity index (χ3n) is 12.2. The number of aliphatic hydroxyl groups is 7. The Hall–Kier alpha value is -2.02. The van der Waals surface area contributed by atoms with Gasteiger partial charge in [-0.25, -0.2) is 0 Å². The standard InChI is InChI=1S/C50H90O15/c1-3-5-7-9-11-13-15-17-18-19-21-22-24-26-28-30-32-41(52)60-35-38(63-42(53)33-31-29-27-25-23-20-16-14-12-10-8-6-4-2)36-61-49-48(59)46(57)44(55)40(65-49)37-62-50-47(58)45(56)43(54)39(34-51)64-50/h8,10,14,16,38-40,43-51,54-59H,3-7,9,11-13,15,17-37H2,1-2H3/b10-8-,16-14-. The van der Waals surface area contributed by atoms with Crippen LogP contribution in [0.5, 0.6) is 0 Å². The lowest BCUT2D eigenvalue weighted by Crippen LogP contribution is -2.61. The SMILES string of the molecule is CCC/C=C\C/C=C\CCCCCCCC(=O)OC(COC(=O)CCCCCCCCCCCCCCCCCC)COC1OC(COC2OC(CO)C(O)C(O)C2O)C(O)C(O)C1O. The predicted octanol–water partition coefficient (Wildman–Crippen LogP) is 6.77. The average Bonchev–Trinajstić information content (AvgIpc) is 3.30. The Balaban J connectivity index is 1.81. The Bertz CT molecular complexity index is 1230. The molecule has 15 heteroatoms. The highest BCUT2D eigenvalue weighted by atomic mass is 16.7. The molecule has 2 rings (SSSR count). The van der Waals surface area contributed by atoms with Crippen LogP contribution in [0.15, 0.2) is 24.3 Å². The van der Waals surface area contributed by atoms with E-state index in [2.05, 4.69) is 38.2 Å². The molecule has 7 N–H and O–H groups in total. The summed E-state index contributed by atoms with van der Waals surface area (Å²) in [5, 5.41) is 72.0. The maximum atomic E-state index is 13.0. The van der Waals surface area contributed by atoms with Crippen LogP contribution in [-0.4, -0.2) is 142 Å². The van der Waals surface area contributed by atoms with Crippen LogP contribution in [0.2, 0.25) is 0 Å². The second kappa shape index (κ2) is 37.9. The van der Waals surface area contributed by atoms with Gasteiger partial charge in [-0.3, -0.25) is 9.59 Å². The number of allylic oxidation sites excluding steroid dienone is 4. The van der Waals surface area contributed by atoms with E-state index in [0.29, 0.717) is 12.8 Å². The first-order valence-electron chi connectivity index (χ1n) is 25.4. The number of unbranched alkanes of at least 4 members (excludes halogenated alkanes) is 21. The van der Waals surface area contributed by atoms with Crippen molar-refractivity contribution in [1.29, 1.82) is 0 Å². The number of esters is 2. The molecular weight excluding hydrogens is 841 g/mol. The van der Waals surface area contributed by atoms with Crippen molar-refractivity contribution in [3.8, 4) is 0 Å². The van der Waals surface area contributed by atoms with E-state index in [4.69, 9.17) is 28.4 Å². The molecule has 2 saturated heterocycles. The first kappa shape index (κ1) is 59.1. The summed E-state index contributed by atoms with van der Waals surface area (Å²) >= 11 is 0. The number of carbonyl (C=O) groups is 2. The van der Waals surface area contributed by atoms with Gasteiger partial charge in [0.15, 0.2) is 18.7 Å². The van der Waals surface area contributed by atoms with Crippen LogP contribution >= 0.6 is 0 Å². The Kier molecular flexibility index (Phi) is 34.5. The fraction of sp³-hybridized carbons (Fsp3) is 0.880. The molecule has 11 unspecified atom stereocenters. The molecule has 0 aromatic carbocycles. The number of aliphatic hydroxyl groups excluding tert-OH is 7. The Morgan fingerprint density at radius 3 is 1.49 bits per heavy atom. The van der Waals surface area contributed by atoms with Gasteiger partial charge in [-0.15, -0.1) is 0 Å². The van der Waals surface area contributed by atoms with Crippen LogP contribution in [0.1, 0.15) is 187 Å². The molecular formula is C50H90O15. The molecule has 2 heterocycles. The highest BCUT2D eigenvalue weighted by Crippen LogP contribution is 2.26. The molecule has 0 aromatic heterocycles. The van der Waals surface area contributed by atoms with Gasteiger partial charge >= 0.3 is 11.9 Å².